The van der Waals surface area contributed by atoms with Crippen molar-refractivity contribution < 1.29 is 19.1 Å². The van der Waals surface area contributed by atoms with Crippen molar-refractivity contribution >= 4 is 29.0 Å². The number of nitrogens with zero attached hydrogens (tertiary/aromatic N) is 1. The van der Waals surface area contributed by atoms with E-state index in [2.05, 4.69) is 22.2 Å². The molecule has 9 heteroatoms. The Hall–Kier alpha value is -3.46. The van der Waals surface area contributed by atoms with Crippen LogP contribution in [-0.4, -0.2) is 35.2 Å². The zero-order valence-electron chi connectivity index (χ0n) is 14.8. The molecule has 28 heavy (non-hydrogen) atoms. The Balaban J connectivity index is 2.12. The Bertz CT molecular complexity index is 937. The lowest BCUT2D eigenvalue weighted by molar-refractivity contribution is -0.135. The molecule has 2 aromatic rings. The number of hydrogen-bond donors (Lipinski definition) is 4. The van der Waals surface area contributed by atoms with Gasteiger partial charge in [-0.05, 0) is 48.2 Å². The first-order chi connectivity index (χ1) is 13.4. The first-order valence-electron chi connectivity index (χ1n) is 8.11. The number of carbonyl (C=O) groups is 2. The molecule has 0 unspecified atom stereocenters. The van der Waals surface area contributed by atoms with E-state index in [1.807, 2.05) is 0 Å². The number of alkyl halides is 1. The van der Waals surface area contributed by atoms with E-state index >= 15 is 0 Å². The van der Waals surface area contributed by atoms with Crippen LogP contribution in [0.3, 0.4) is 0 Å². The van der Waals surface area contributed by atoms with Crippen molar-refractivity contribution in [1.29, 1.82) is 0 Å². The van der Waals surface area contributed by atoms with Crippen LogP contribution in [-0.2, 0) is 4.79 Å². The summed E-state index contributed by atoms with van der Waals surface area (Å²) >= 11 is 1.19. The van der Waals surface area contributed by atoms with Gasteiger partial charge in [0.05, 0.1) is 15.4 Å². The Labute approximate surface area is 165 Å². The summed E-state index contributed by atoms with van der Waals surface area (Å²) in [5.41, 5.74) is 6.70. The Kier molecular flexibility index (Phi) is 7.46. The number of rotatable bonds is 9. The molecule has 2 rings (SSSR count). The van der Waals surface area contributed by atoms with Crippen LogP contribution in [0.4, 0.5) is 10.2 Å². The highest BCUT2D eigenvalue weighted by molar-refractivity contribution is 7.17. The number of anilines is 1. The Morgan fingerprint density at radius 1 is 1.32 bits per heavy atom. The van der Waals surface area contributed by atoms with Gasteiger partial charge in [-0.15, -0.1) is 11.3 Å². The zero-order valence-corrected chi connectivity index (χ0v) is 15.6. The van der Waals surface area contributed by atoms with Gasteiger partial charge >= 0.3 is 5.97 Å². The molecule has 2 aromatic heterocycles. The van der Waals surface area contributed by atoms with Gasteiger partial charge in [0.1, 0.15) is 19.0 Å². The van der Waals surface area contributed by atoms with Crippen molar-refractivity contribution in [2.24, 2.45) is 5.73 Å². The van der Waals surface area contributed by atoms with E-state index in [0.717, 1.165) is 4.88 Å². The number of hydrogen-bond acceptors (Lipinski definition) is 6. The molecule has 0 aliphatic carbocycles. The number of carboxylic acids is 1. The number of carboxylic acid groups (broad SMARTS) is 1. The number of thiophene rings is 1. The third-order valence-electron chi connectivity index (χ3n) is 3.34. The molecule has 5 N–H and O–H groups in total. The fraction of sp³-hybridized carbons (Fsp3) is 0.105. The van der Waals surface area contributed by atoms with Gasteiger partial charge in [0.25, 0.3) is 5.91 Å². The van der Waals surface area contributed by atoms with Crippen LogP contribution in [0.25, 0.3) is 10.6 Å². The molecule has 1 amide bonds. The van der Waals surface area contributed by atoms with Crippen molar-refractivity contribution in [2.45, 2.75) is 0 Å². The molecule has 146 valence electrons. The highest BCUT2D eigenvalue weighted by atomic mass is 32.1. The summed E-state index contributed by atoms with van der Waals surface area (Å²) < 4.78 is 12.9. The van der Waals surface area contributed by atoms with Crippen LogP contribution in [0.15, 0.2) is 66.5 Å². The lowest BCUT2D eigenvalue weighted by atomic mass is 10.2. The monoisotopic (exact) mass is 402 g/mol. The van der Waals surface area contributed by atoms with Gasteiger partial charge in [-0.2, -0.15) is 0 Å². The van der Waals surface area contributed by atoms with E-state index < -0.39 is 25.1 Å². The van der Waals surface area contributed by atoms with E-state index in [4.69, 9.17) is 10.8 Å². The smallest absolute Gasteiger partial charge is 0.322 e. The van der Waals surface area contributed by atoms with Gasteiger partial charge in [-0.1, -0.05) is 12.6 Å². The molecule has 0 aliphatic heterocycles. The second kappa shape index (κ2) is 10.0. The Morgan fingerprint density at radius 2 is 2.11 bits per heavy atom. The lowest BCUT2D eigenvalue weighted by Crippen LogP contribution is -2.28. The predicted octanol–water partition coefficient (Wildman–Crippen LogP) is 2.92. The topological polar surface area (TPSA) is 117 Å². The predicted molar refractivity (Wildman–Crippen MR) is 108 cm³/mol. The van der Waals surface area contributed by atoms with Crippen molar-refractivity contribution in [3.8, 4) is 10.6 Å². The minimum absolute atomic E-state index is 0.367. The maximum absolute atomic E-state index is 12.9. The fourth-order valence-electron chi connectivity index (χ4n) is 2.16. The molecular weight excluding hydrogens is 383 g/mol. The number of halogens is 1. The molecule has 0 bridgehead atoms. The number of nitrogens with one attached hydrogen (secondary N) is 2. The fourth-order valence-corrected chi connectivity index (χ4v) is 3.05. The summed E-state index contributed by atoms with van der Waals surface area (Å²) in [7, 11) is 0. The van der Waals surface area contributed by atoms with Crippen molar-refractivity contribution in [3.05, 3.63) is 71.4 Å². The van der Waals surface area contributed by atoms with Crippen LogP contribution in [0, 0.1) is 0 Å². The maximum Gasteiger partial charge on any atom is 0.322 e. The number of carbonyl (C=O) groups excluding carboxylic acids is 1. The molecule has 2 heterocycles. The standard InChI is InChI=1S/C19H19FN4O3S/c1-12(9-13(10-20)7-8-21)23-17-4-2-3-14(24-17)15-5-6-16(28-15)19(27)22-11-18(25)26/h2-9H,1,10-11,21H2,(H,22,27)(H,23,24)(H,25,26)/b8-7-,13-9+. The van der Waals surface area contributed by atoms with Gasteiger partial charge in [-0.3, -0.25) is 9.59 Å². The van der Waals surface area contributed by atoms with Gasteiger partial charge in [-0.25, -0.2) is 9.37 Å². The normalized spacial score (nSPS) is 11.4. The SMILES string of the molecule is C=C(/C=C(\C=C/N)CF)Nc1cccc(-c2ccc(C(=O)NCC(=O)O)s2)n1. The number of aromatic nitrogens is 1. The number of aliphatic carboxylic acids is 1. The van der Waals surface area contributed by atoms with Gasteiger partial charge in [0.15, 0.2) is 0 Å². The first kappa shape index (κ1) is 20.8. The molecule has 7 nitrogen and oxygen atoms in total. The quantitative estimate of drug-likeness (QED) is 0.479. The summed E-state index contributed by atoms with van der Waals surface area (Å²) in [5, 5.41) is 13.9. The molecule has 0 saturated heterocycles. The third-order valence-corrected chi connectivity index (χ3v) is 4.45. The van der Waals surface area contributed by atoms with Crippen LogP contribution in [0.2, 0.25) is 0 Å². The Morgan fingerprint density at radius 3 is 2.79 bits per heavy atom. The molecular formula is C19H19FN4O3S. The van der Waals surface area contributed by atoms with Crippen molar-refractivity contribution in [1.82, 2.24) is 10.3 Å². The summed E-state index contributed by atoms with van der Waals surface area (Å²) in [6.07, 6.45) is 4.21. The van der Waals surface area contributed by atoms with Gasteiger partial charge in [0.2, 0.25) is 0 Å². The van der Waals surface area contributed by atoms with Crippen molar-refractivity contribution in [3.63, 3.8) is 0 Å². The van der Waals surface area contributed by atoms with E-state index in [0.29, 0.717) is 27.7 Å². The molecule has 0 aliphatic rings. The van der Waals surface area contributed by atoms with Gasteiger partial charge < -0.3 is 21.5 Å². The lowest BCUT2D eigenvalue weighted by Gasteiger charge is -2.07. The average molecular weight is 402 g/mol. The minimum atomic E-state index is -1.11. The summed E-state index contributed by atoms with van der Waals surface area (Å²) in [6, 6.07) is 8.62. The second-order valence-corrected chi connectivity index (χ2v) is 6.59. The second-order valence-electron chi connectivity index (χ2n) is 5.51. The van der Waals surface area contributed by atoms with E-state index in [-0.39, 0.29) is 0 Å². The molecule has 0 saturated carbocycles. The zero-order chi connectivity index (χ0) is 20.5. The van der Waals surface area contributed by atoms with Crippen LogP contribution in [0.5, 0.6) is 0 Å². The van der Waals surface area contributed by atoms with Crippen molar-refractivity contribution in [2.75, 3.05) is 18.5 Å². The van der Waals surface area contributed by atoms with Crippen LogP contribution < -0.4 is 16.4 Å². The molecule has 0 spiro atoms. The average Bonchev–Trinajstić information content (AvgIpc) is 3.16. The summed E-state index contributed by atoms with van der Waals surface area (Å²) in [6.45, 7) is 2.70. The number of pyridine rings is 1. The van der Waals surface area contributed by atoms with Gasteiger partial charge in [0, 0.05) is 5.70 Å². The first-order valence-corrected chi connectivity index (χ1v) is 8.92. The summed E-state index contributed by atoms with van der Waals surface area (Å²) in [5.74, 6) is -1.07. The van der Waals surface area contributed by atoms with E-state index in [9.17, 15) is 14.0 Å². The largest absolute Gasteiger partial charge is 0.480 e. The molecule has 0 atom stereocenters. The molecule has 0 aromatic carbocycles. The minimum Gasteiger partial charge on any atom is -0.480 e. The van der Waals surface area contributed by atoms with E-state index in [1.54, 1.807) is 30.3 Å². The number of nitrogens with two attached hydrogens (primary N) is 1. The highest BCUT2D eigenvalue weighted by Gasteiger charge is 2.12. The van der Waals surface area contributed by atoms with Crippen LogP contribution in [0.1, 0.15) is 9.67 Å². The molecule has 0 radical (unpaired) electrons. The van der Waals surface area contributed by atoms with Crippen LogP contribution >= 0.6 is 11.3 Å². The third kappa shape index (κ3) is 6.06. The number of allylic oxidation sites excluding steroid dienone is 3. The molecule has 0 fully saturated rings. The maximum atomic E-state index is 12.9. The van der Waals surface area contributed by atoms with E-state index in [1.165, 1.54) is 29.7 Å². The summed E-state index contributed by atoms with van der Waals surface area (Å²) in [4.78, 5) is 28.0. The number of amides is 1. The highest BCUT2D eigenvalue weighted by Crippen LogP contribution is 2.27.